The Bertz CT molecular complexity index is 353. The van der Waals surface area contributed by atoms with Crippen LogP contribution in [-0.4, -0.2) is 53.7 Å². The summed E-state index contributed by atoms with van der Waals surface area (Å²) in [6, 6.07) is 0. The largest absolute Gasteiger partial charge is 0.569 e. The number of rotatable bonds is 5. The first-order valence-corrected chi connectivity index (χ1v) is 5.00. The maximum absolute atomic E-state index is 11.2. The molecule has 1 atom stereocenters. The highest BCUT2D eigenvalue weighted by molar-refractivity contribution is 5.71. The highest BCUT2D eigenvalue weighted by Crippen LogP contribution is 2.15. The van der Waals surface area contributed by atoms with Crippen molar-refractivity contribution in [3.63, 3.8) is 0 Å². The fourth-order valence-corrected chi connectivity index (χ4v) is 1.11. The average Bonchev–Trinajstić information content (AvgIpc) is 2.23. The van der Waals surface area contributed by atoms with Crippen LogP contribution in [0.4, 0.5) is 4.79 Å². The molecule has 1 fully saturated rings. The molecule has 0 aromatic rings. The van der Waals surface area contributed by atoms with E-state index in [0.29, 0.717) is 0 Å². The molecule has 10 nitrogen and oxygen atoms in total. The maximum Gasteiger partial charge on any atom is 0.511 e. The van der Waals surface area contributed by atoms with Crippen molar-refractivity contribution in [1.29, 1.82) is 0 Å². The molecule has 0 aromatic heterocycles. The van der Waals surface area contributed by atoms with Gasteiger partial charge in [0.1, 0.15) is 5.92 Å². The number of nitrogens with zero attached hydrogens (tertiary/aromatic N) is 3. The zero-order chi connectivity index (χ0) is 13.7. The Morgan fingerprint density at radius 1 is 1.56 bits per heavy atom. The summed E-state index contributed by atoms with van der Waals surface area (Å²) in [7, 11) is 1.12. The van der Waals surface area contributed by atoms with E-state index < -0.39 is 24.3 Å². The van der Waals surface area contributed by atoms with Crippen LogP contribution in [0.15, 0.2) is 5.28 Å². The van der Waals surface area contributed by atoms with Gasteiger partial charge in [-0.1, -0.05) is 0 Å². The summed E-state index contributed by atoms with van der Waals surface area (Å²) in [5.74, 6) is -1.55. The summed E-state index contributed by atoms with van der Waals surface area (Å²) in [5.41, 5.74) is 0. The lowest BCUT2D eigenvalue weighted by atomic mass is 10.0. The third-order valence-electron chi connectivity index (χ3n) is 2.15. The topological polar surface area (TPSA) is 124 Å². The summed E-state index contributed by atoms with van der Waals surface area (Å²) in [6.45, 7) is 1.44. The second-order valence-corrected chi connectivity index (χ2v) is 3.49. The molecule has 0 spiro atoms. The van der Waals surface area contributed by atoms with Gasteiger partial charge in [-0.25, -0.2) is 4.79 Å². The number of hydrogen-bond acceptors (Lipinski definition) is 7. The number of carboxylic acids is 1. The lowest BCUT2D eigenvalue weighted by Crippen LogP contribution is -2.53. The van der Waals surface area contributed by atoms with E-state index in [1.165, 1.54) is 6.92 Å². The first kappa shape index (κ1) is 13.8. The number of aliphatic carboxylic acids is 1. The Hall–Kier alpha value is -2.26. The first-order valence-electron chi connectivity index (χ1n) is 5.00. The molecule has 1 saturated heterocycles. The van der Waals surface area contributed by atoms with Gasteiger partial charge in [-0.05, 0) is 0 Å². The molecule has 0 aromatic carbocycles. The van der Waals surface area contributed by atoms with Crippen LogP contribution in [0.3, 0.4) is 0 Å². The Labute approximate surface area is 102 Å². The minimum atomic E-state index is -1.09. The Kier molecular flexibility index (Phi) is 4.52. The molecular weight excluding hydrogens is 250 g/mol. The maximum atomic E-state index is 11.2. The lowest BCUT2D eigenvalue weighted by Gasteiger charge is -2.31. The molecule has 1 aliphatic heterocycles. The molecule has 0 amide bonds. The second kappa shape index (κ2) is 5.89. The van der Waals surface area contributed by atoms with E-state index in [-0.39, 0.29) is 18.1 Å². The summed E-state index contributed by atoms with van der Waals surface area (Å²) in [5, 5.41) is 24.1. The van der Waals surface area contributed by atoms with Crippen LogP contribution < -0.4 is 0 Å². The van der Waals surface area contributed by atoms with Gasteiger partial charge in [0.25, 0.3) is 6.29 Å². The molecule has 1 aliphatic rings. The van der Waals surface area contributed by atoms with Crippen LogP contribution in [0.25, 0.3) is 0 Å². The molecule has 18 heavy (non-hydrogen) atoms. The van der Waals surface area contributed by atoms with Crippen molar-refractivity contribution in [3.8, 4) is 0 Å². The van der Waals surface area contributed by atoms with Crippen molar-refractivity contribution >= 4 is 12.1 Å². The van der Waals surface area contributed by atoms with Gasteiger partial charge in [-0.3, -0.25) is 9.63 Å². The van der Waals surface area contributed by atoms with E-state index in [4.69, 9.17) is 5.11 Å². The fraction of sp³-hybridized carbons (Fsp3) is 0.750. The van der Waals surface area contributed by atoms with Crippen molar-refractivity contribution in [2.75, 3.05) is 20.2 Å². The molecule has 10 heteroatoms. The zero-order valence-corrected chi connectivity index (χ0v) is 9.81. The molecule has 1 N–H and O–H groups in total. The van der Waals surface area contributed by atoms with Crippen LogP contribution in [-0.2, 0) is 19.1 Å². The first-order chi connectivity index (χ1) is 8.43. The number of carbonyl (C=O) groups excluding carboxylic acids is 1. The molecule has 0 saturated carbocycles. The number of methoxy groups -OCH3 is 1. The van der Waals surface area contributed by atoms with E-state index in [1.807, 2.05) is 0 Å². The molecular formula is C8H13N3O7. The van der Waals surface area contributed by atoms with Crippen LogP contribution >= 0.6 is 0 Å². The minimum absolute atomic E-state index is 0.0535. The normalized spacial score (nSPS) is 17.7. The van der Waals surface area contributed by atoms with Gasteiger partial charge in [0.15, 0.2) is 0 Å². The van der Waals surface area contributed by atoms with Crippen molar-refractivity contribution in [1.82, 2.24) is 5.01 Å². The second-order valence-electron chi connectivity index (χ2n) is 3.49. The Balaban J connectivity index is 2.30. The smallest absolute Gasteiger partial charge is 0.511 e. The van der Waals surface area contributed by atoms with Gasteiger partial charge in [-0.2, -0.15) is 0 Å². The van der Waals surface area contributed by atoms with Crippen molar-refractivity contribution < 1.29 is 34.0 Å². The van der Waals surface area contributed by atoms with Gasteiger partial charge in [0.2, 0.25) is 5.28 Å². The summed E-state index contributed by atoms with van der Waals surface area (Å²) < 4.78 is 8.68. The summed E-state index contributed by atoms with van der Waals surface area (Å²) in [6.07, 6.45) is -2.06. The van der Waals surface area contributed by atoms with E-state index >= 15 is 0 Å². The molecule has 0 aliphatic carbocycles. The highest BCUT2D eigenvalue weighted by atomic mass is 16.8. The van der Waals surface area contributed by atoms with Gasteiger partial charge in [-0.15, -0.1) is 5.01 Å². The molecule has 1 rings (SSSR count). The van der Waals surface area contributed by atoms with E-state index in [1.54, 1.807) is 0 Å². The monoisotopic (exact) mass is 263 g/mol. The van der Waals surface area contributed by atoms with Gasteiger partial charge in [0, 0.05) is 6.92 Å². The molecule has 1 unspecified atom stereocenters. The average molecular weight is 263 g/mol. The highest BCUT2D eigenvalue weighted by Gasteiger charge is 2.38. The number of hydrogen-bond donors (Lipinski definition) is 1. The SMILES string of the molecule is COC(=O)OC(C)ON=[N+]([O-])N1CC(C(=O)O)C1. The predicted molar refractivity (Wildman–Crippen MR) is 52.8 cm³/mol. The molecule has 102 valence electrons. The van der Waals surface area contributed by atoms with Gasteiger partial charge in [0.05, 0.1) is 25.2 Å². The van der Waals surface area contributed by atoms with Gasteiger partial charge >= 0.3 is 12.1 Å². The molecule has 0 radical (unpaired) electrons. The predicted octanol–water partition coefficient (Wildman–Crippen LogP) is -0.0591. The van der Waals surface area contributed by atoms with E-state index in [2.05, 4.69) is 19.6 Å². The summed E-state index contributed by atoms with van der Waals surface area (Å²) >= 11 is 0. The fourth-order valence-electron chi connectivity index (χ4n) is 1.11. The van der Waals surface area contributed by atoms with Crippen molar-refractivity contribution in [2.45, 2.75) is 13.2 Å². The Morgan fingerprint density at radius 3 is 2.67 bits per heavy atom. The van der Waals surface area contributed by atoms with Crippen LogP contribution in [0.1, 0.15) is 6.92 Å². The van der Waals surface area contributed by atoms with E-state index in [0.717, 1.165) is 12.1 Å². The van der Waals surface area contributed by atoms with Crippen molar-refractivity contribution in [2.24, 2.45) is 11.2 Å². The van der Waals surface area contributed by atoms with Crippen molar-refractivity contribution in [3.05, 3.63) is 5.21 Å². The minimum Gasteiger partial charge on any atom is -0.569 e. The van der Waals surface area contributed by atoms with Crippen LogP contribution in [0, 0.1) is 11.1 Å². The summed E-state index contributed by atoms with van der Waals surface area (Å²) in [4.78, 5) is 25.8. The number of carboxylic acid groups (broad SMARTS) is 1. The van der Waals surface area contributed by atoms with E-state index in [9.17, 15) is 14.8 Å². The third kappa shape index (κ3) is 3.64. The van der Waals surface area contributed by atoms with Crippen LogP contribution in [0.2, 0.25) is 0 Å². The standard InChI is InChI=1S/C8H13N3O7/c1-5(17-8(14)16-2)18-9-11(15)10-3-6(4-10)7(12)13/h5-6H,3-4H2,1-2H3,(H,12,13). The quantitative estimate of drug-likeness (QED) is 0.240. The lowest BCUT2D eigenvalue weighted by molar-refractivity contribution is -0.727. The zero-order valence-electron chi connectivity index (χ0n) is 9.81. The molecule has 1 heterocycles. The molecule has 0 bridgehead atoms. The third-order valence-corrected chi connectivity index (χ3v) is 2.15. The number of hydrazine groups is 1. The van der Waals surface area contributed by atoms with Gasteiger partial charge < -0.3 is 19.8 Å². The number of carbonyl (C=O) groups is 2. The van der Waals surface area contributed by atoms with Crippen LogP contribution in [0.5, 0.6) is 0 Å². The Morgan fingerprint density at radius 2 is 2.17 bits per heavy atom. The number of ether oxygens (including phenoxy) is 2.